The number of piperidine rings is 1. The smallest absolute Gasteiger partial charge is 0.243 e. The second-order valence-electron chi connectivity index (χ2n) is 6.73. The van der Waals surface area contributed by atoms with Crippen molar-refractivity contribution in [2.24, 2.45) is 5.92 Å². The van der Waals surface area contributed by atoms with Crippen LogP contribution in [0.2, 0.25) is 10.0 Å². The lowest BCUT2D eigenvalue weighted by molar-refractivity contribution is -0.120. The number of hydrogen-bond donors (Lipinski definition) is 1. The third-order valence-electron chi connectivity index (χ3n) is 4.69. The molecule has 0 bridgehead atoms. The molecule has 0 spiro atoms. The van der Waals surface area contributed by atoms with E-state index in [4.69, 9.17) is 27.9 Å². The molecule has 1 aliphatic rings. The van der Waals surface area contributed by atoms with E-state index in [0.29, 0.717) is 42.5 Å². The van der Waals surface area contributed by atoms with E-state index in [1.807, 2.05) is 6.92 Å². The lowest BCUT2D eigenvalue weighted by Gasteiger charge is -2.31. The van der Waals surface area contributed by atoms with Gasteiger partial charge in [-0.25, -0.2) is 8.42 Å². The van der Waals surface area contributed by atoms with Crippen LogP contribution in [0, 0.1) is 5.92 Å². The van der Waals surface area contributed by atoms with Crippen LogP contribution in [0.1, 0.15) is 19.8 Å². The molecule has 0 aliphatic carbocycles. The van der Waals surface area contributed by atoms with Crippen molar-refractivity contribution in [3.8, 4) is 5.75 Å². The molecule has 156 valence electrons. The number of sulfonamides is 1. The third-order valence-corrected chi connectivity index (χ3v) is 7.08. The van der Waals surface area contributed by atoms with E-state index in [9.17, 15) is 13.2 Å². The van der Waals surface area contributed by atoms with Gasteiger partial charge in [0.15, 0.2) is 0 Å². The lowest BCUT2D eigenvalue weighted by atomic mass is 9.99. The van der Waals surface area contributed by atoms with Gasteiger partial charge in [0.25, 0.3) is 0 Å². The standard InChI is InChI=1S/C20H22Cl2N2O4S/c1-2-28-19-9-8-17(12-18(19)22)29(26,27)24-10-4-5-14(13-24)20(25)23-16-7-3-6-15(21)11-16/h3,6-9,11-12,14H,2,4-5,10,13H2,1H3,(H,23,25)/t14-/m0/s1. The van der Waals surface area contributed by atoms with Crippen molar-refractivity contribution in [1.82, 2.24) is 4.31 Å². The quantitative estimate of drug-likeness (QED) is 0.697. The molecule has 2 aromatic rings. The zero-order chi connectivity index (χ0) is 21.0. The first kappa shape index (κ1) is 21.9. The summed E-state index contributed by atoms with van der Waals surface area (Å²) in [5, 5.41) is 3.57. The highest BCUT2D eigenvalue weighted by Gasteiger charge is 2.33. The molecule has 1 heterocycles. The van der Waals surface area contributed by atoms with Crippen LogP contribution in [-0.4, -0.2) is 38.3 Å². The molecular formula is C20H22Cl2N2O4S. The van der Waals surface area contributed by atoms with Gasteiger partial charge < -0.3 is 10.1 Å². The second kappa shape index (κ2) is 9.34. The summed E-state index contributed by atoms with van der Waals surface area (Å²) in [6.45, 7) is 2.72. The fourth-order valence-electron chi connectivity index (χ4n) is 3.25. The van der Waals surface area contributed by atoms with Gasteiger partial charge in [-0.15, -0.1) is 0 Å². The summed E-state index contributed by atoms with van der Waals surface area (Å²) in [4.78, 5) is 12.7. The van der Waals surface area contributed by atoms with Gasteiger partial charge in [-0.1, -0.05) is 29.3 Å². The van der Waals surface area contributed by atoms with Crippen LogP contribution >= 0.6 is 23.2 Å². The van der Waals surface area contributed by atoms with Crippen LogP contribution in [0.5, 0.6) is 5.75 Å². The molecule has 29 heavy (non-hydrogen) atoms. The molecule has 2 aromatic carbocycles. The number of hydrogen-bond acceptors (Lipinski definition) is 4. The van der Waals surface area contributed by atoms with E-state index in [-0.39, 0.29) is 22.4 Å². The molecule has 0 saturated carbocycles. The number of carbonyl (C=O) groups is 1. The number of rotatable bonds is 6. The number of anilines is 1. The Bertz CT molecular complexity index is 998. The van der Waals surface area contributed by atoms with Gasteiger partial charge in [-0.05, 0) is 56.2 Å². The molecular weight excluding hydrogens is 435 g/mol. The molecule has 1 amide bonds. The van der Waals surface area contributed by atoms with Gasteiger partial charge >= 0.3 is 0 Å². The zero-order valence-electron chi connectivity index (χ0n) is 15.9. The summed E-state index contributed by atoms with van der Waals surface area (Å²) in [5.74, 6) is -0.238. The van der Waals surface area contributed by atoms with Crippen LogP contribution in [0.15, 0.2) is 47.4 Å². The first-order chi connectivity index (χ1) is 13.8. The Morgan fingerprint density at radius 1 is 1.24 bits per heavy atom. The van der Waals surface area contributed by atoms with Crippen molar-refractivity contribution in [2.45, 2.75) is 24.7 Å². The SMILES string of the molecule is CCOc1ccc(S(=O)(=O)N2CCC[C@H](C(=O)Nc3cccc(Cl)c3)C2)cc1Cl. The molecule has 0 radical (unpaired) electrons. The van der Waals surface area contributed by atoms with Crippen molar-refractivity contribution in [2.75, 3.05) is 25.0 Å². The van der Waals surface area contributed by atoms with Crippen LogP contribution in [0.4, 0.5) is 5.69 Å². The van der Waals surface area contributed by atoms with Crippen molar-refractivity contribution < 1.29 is 17.9 Å². The Kier molecular flexibility index (Phi) is 7.05. The molecule has 1 saturated heterocycles. The Balaban J connectivity index is 1.73. The minimum atomic E-state index is -3.77. The number of benzene rings is 2. The average Bonchev–Trinajstić information content (AvgIpc) is 2.69. The first-order valence-electron chi connectivity index (χ1n) is 9.30. The largest absolute Gasteiger partial charge is 0.492 e. The van der Waals surface area contributed by atoms with Crippen molar-refractivity contribution in [3.63, 3.8) is 0 Å². The van der Waals surface area contributed by atoms with E-state index < -0.39 is 15.9 Å². The van der Waals surface area contributed by atoms with Crippen LogP contribution in [0.25, 0.3) is 0 Å². The molecule has 6 nitrogen and oxygen atoms in total. The third kappa shape index (κ3) is 5.22. The molecule has 3 rings (SSSR count). The number of amides is 1. The Morgan fingerprint density at radius 2 is 2.03 bits per heavy atom. The number of halogens is 2. The molecule has 0 aromatic heterocycles. The van der Waals surface area contributed by atoms with Gasteiger partial charge in [-0.2, -0.15) is 4.31 Å². The molecule has 1 aliphatic heterocycles. The Hall–Kier alpha value is -1.80. The van der Waals surface area contributed by atoms with Crippen molar-refractivity contribution in [3.05, 3.63) is 52.5 Å². The van der Waals surface area contributed by atoms with Gasteiger partial charge in [0, 0.05) is 23.8 Å². The maximum Gasteiger partial charge on any atom is 0.243 e. The topological polar surface area (TPSA) is 75.7 Å². The fourth-order valence-corrected chi connectivity index (χ4v) is 5.29. The van der Waals surface area contributed by atoms with Crippen molar-refractivity contribution in [1.29, 1.82) is 0 Å². The fraction of sp³-hybridized carbons (Fsp3) is 0.350. The van der Waals surface area contributed by atoms with Gasteiger partial charge in [0.05, 0.1) is 22.4 Å². The molecule has 1 fully saturated rings. The monoisotopic (exact) mass is 456 g/mol. The lowest BCUT2D eigenvalue weighted by Crippen LogP contribution is -2.43. The summed E-state index contributed by atoms with van der Waals surface area (Å²) in [6, 6.07) is 11.3. The van der Waals surface area contributed by atoms with E-state index in [0.717, 1.165) is 0 Å². The number of nitrogens with one attached hydrogen (secondary N) is 1. The van der Waals surface area contributed by atoms with E-state index in [2.05, 4.69) is 5.32 Å². The summed E-state index contributed by atoms with van der Waals surface area (Å²) < 4.78 is 32.8. The summed E-state index contributed by atoms with van der Waals surface area (Å²) in [5.41, 5.74) is 0.584. The maximum absolute atomic E-state index is 13.1. The molecule has 1 N–H and O–H groups in total. The Morgan fingerprint density at radius 3 is 2.72 bits per heavy atom. The molecule has 0 unspecified atom stereocenters. The highest BCUT2D eigenvalue weighted by atomic mass is 35.5. The summed E-state index contributed by atoms with van der Waals surface area (Å²) in [7, 11) is -3.77. The minimum Gasteiger partial charge on any atom is -0.492 e. The molecule has 9 heteroatoms. The summed E-state index contributed by atoms with van der Waals surface area (Å²) in [6.07, 6.45) is 1.21. The highest BCUT2D eigenvalue weighted by Crippen LogP contribution is 2.30. The van der Waals surface area contributed by atoms with E-state index in [1.54, 1.807) is 30.3 Å². The van der Waals surface area contributed by atoms with Crippen LogP contribution < -0.4 is 10.1 Å². The van der Waals surface area contributed by atoms with Gasteiger partial charge in [0.1, 0.15) is 5.75 Å². The summed E-state index contributed by atoms with van der Waals surface area (Å²) >= 11 is 12.1. The Labute approximate surface area is 180 Å². The first-order valence-corrected chi connectivity index (χ1v) is 11.5. The highest BCUT2D eigenvalue weighted by molar-refractivity contribution is 7.89. The number of carbonyl (C=O) groups excluding carboxylic acids is 1. The minimum absolute atomic E-state index is 0.0850. The molecule has 1 atom stereocenters. The predicted molar refractivity (Wildman–Crippen MR) is 114 cm³/mol. The number of ether oxygens (including phenoxy) is 1. The maximum atomic E-state index is 13.1. The second-order valence-corrected chi connectivity index (χ2v) is 9.51. The van der Waals surface area contributed by atoms with Crippen LogP contribution in [-0.2, 0) is 14.8 Å². The van der Waals surface area contributed by atoms with Crippen LogP contribution in [0.3, 0.4) is 0 Å². The van der Waals surface area contributed by atoms with Gasteiger partial charge in [-0.3, -0.25) is 4.79 Å². The zero-order valence-corrected chi connectivity index (χ0v) is 18.2. The predicted octanol–water partition coefficient (Wildman–Crippen LogP) is 4.43. The average molecular weight is 457 g/mol. The van der Waals surface area contributed by atoms with Crippen molar-refractivity contribution >= 4 is 44.8 Å². The van der Waals surface area contributed by atoms with E-state index >= 15 is 0 Å². The normalized spacial score (nSPS) is 17.7. The van der Waals surface area contributed by atoms with E-state index in [1.165, 1.54) is 16.4 Å². The van der Waals surface area contributed by atoms with Gasteiger partial charge in [0.2, 0.25) is 15.9 Å². The number of nitrogens with zero attached hydrogens (tertiary/aromatic N) is 1.